The zero-order valence-corrected chi connectivity index (χ0v) is 19.9. The molecule has 1 atom stereocenters. The SMILES string of the molecule is COc1ccc(OC)c(C2CC(=O)N(c3cccc(Cl)c3C)C3=C2C(=O)CC(C)(C)C3)c1. The van der Waals surface area contributed by atoms with Crippen LogP contribution >= 0.6 is 11.6 Å². The van der Waals surface area contributed by atoms with Gasteiger partial charge in [-0.1, -0.05) is 31.5 Å². The van der Waals surface area contributed by atoms with E-state index in [1.165, 1.54) is 0 Å². The van der Waals surface area contributed by atoms with Gasteiger partial charge in [0.15, 0.2) is 5.78 Å². The lowest BCUT2D eigenvalue weighted by atomic mass is 9.69. The quantitative estimate of drug-likeness (QED) is 0.584. The Labute approximate surface area is 194 Å². The Morgan fingerprint density at radius 1 is 1.06 bits per heavy atom. The molecule has 1 heterocycles. The standard InChI is InChI=1S/C26H28ClNO4/c1-15-19(27)7-6-8-20(15)28-21-13-26(2,3)14-22(29)25(21)18(12-24(28)30)17-11-16(31-4)9-10-23(17)32-5/h6-11,18H,12-14H2,1-5H3. The van der Waals surface area contributed by atoms with Gasteiger partial charge in [0, 0.05) is 40.6 Å². The summed E-state index contributed by atoms with van der Waals surface area (Å²) in [6, 6.07) is 11.0. The molecule has 5 nitrogen and oxygen atoms in total. The van der Waals surface area contributed by atoms with Crippen molar-refractivity contribution in [3.05, 3.63) is 63.8 Å². The van der Waals surface area contributed by atoms with E-state index >= 15 is 0 Å². The fraction of sp³-hybridized carbons (Fsp3) is 0.385. The van der Waals surface area contributed by atoms with Crippen molar-refractivity contribution < 1.29 is 19.1 Å². The van der Waals surface area contributed by atoms with Crippen molar-refractivity contribution in [1.29, 1.82) is 0 Å². The number of Topliss-reactive ketones (excluding diaryl/α,β-unsaturated/α-hetero) is 1. The number of rotatable bonds is 4. The molecule has 1 amide bonds. The number of methoxy groups -OCH3 is 2. The molecule has 0 bridgehead atoms. The lowest BCUT2D eigenvalue weighted by Gasteiger charge is -2.43. The summed E-state index contributed by atoms with van der Waals surface area (Å²) in [5.41, 5.74) is 3.56. The molecule has 1 aliphatic heterocycles. The molecule has 2 aromatic carbocycles. The number of ketones is 1. The van der Waals surface area contributed by atoms with Gasteiger partial charge >= 0.3 is 0 Å². The van der Waals surface area contributed by atoms with Gasteiger partial charge in [-0.25, -0.2) is 0 Å². The van der Waals surface area contributed by atoms with Crippen molar-refractivity contribution in [2.45, 2.75) is 46.0 Å². The van der Waals surface area contributed by atoms with Gasteiger partial charge in [0.05, 0.1) is 19.9 Å². The van der Waals surface area contributed by atoms with E-state index in [4.69, 9.17) is 21.1 Å². The van der Waals surface area contributed by atoms with E-state index in [2.05, 4.69) is 13.8 Å². The minimum Gasteiger partial charge on any atom is -0.497 e. The Morgan fingerprint density at radius 2 is 1.81 bits per heavy atom. The smallest absolute Gasteiger partial charge is 0.232 e. The molecule has 168 valence electrons. The third-order valence-electron chi connectivity index (χ3n) is 6.44. The number of hydrogen-bond donors (Lipinski definition) is 0. The monoisotopic (exact) mass is 453 g/mol. The predicted molar refractivity (Wildman–Crippen MR) is 126 cm³/mol. The van der Waals surface area contributed by atoms with Crippen LogP contribution in [0.1, 0.15) is 50.2 Å². The first-order chi connectivity index (χ1) is 15.2. The summed E-state index contributed by atoms with van der Waals surface area (Å²) in [6.07, 6.45) is 1.22. The largest absolute Gasteiger partial charge is 0.497 e. The molecule has 0 aromatic heterocycles. The highest BCUT2D eigenvalue weighted by Crippen LogP contribution is 2.50. The van der Waals surface area contributed by atoms with E-state index in [0.29, 0.717) is 34.9 Å². The number of nitrogens with zero attached hydrogens (tertiary/aromatic N) is 1. The molecule has 0 saturated heterocycles. The highest BCUT2D eigenvalue weighted by molar-refractivity contribution is 6.31. The summed E-state index contributed by atoms with van der Waals surface area (Å²) in [5, 5.41) is 0.593. The maximum absolute atomic E-state index is 13.6. The lowest BCUT2D eigenvalue weighted by molar-refractivity contribution is -0.121. The number of halogens is 1. The molecule has 0 N–H and O–H groups in total. The van der Waals surface area contributed by atoms with Gasteiger partial charge in [-0.2, -0.15) is 0 Å². The zero-order valence-electron chi connectivity index (χ0n) is 19.1. The summed E-state index contributed by atoms with van der Waals surface area (Å²) < 4.78 is 11.0. The molecule has 2 aliphatic rings. The van der Waals surface area contributed by atoms with Crippen LogP contribution in [0.5, 0.6) is 11.5 Å². The van der Waals surface area contributed by atoms with Crippen molar-refractivity contribution in [1.82, 2.24) is 0 Å². The number of carbonyl (C=O) groups is 2. The summed E-state index contributed by atoms with van der Waals surface area (Å²) in [7, 11) is 3.19. The molecule has 0 radical (unpaired) electrons. The number of hydrogen-bond acceptors (Lipinski definition) is 4. The third kappa shape index (κ3) is 3.79. The Balaban J connectivity index is 1.96. The first-order valence-electron chi connectivity index (χ1n) is 10.7. The van der Waals surface area contributed by atoms with Crippen LogP contribution in [0.25, 0.3) is 0 Å². The van der Waals surface area contributed by atoms with Crippen LogP contribution in [0.4, 0.5) is 5.69 Å². The molecule has 2 aromatic rings. The molecular weight excluding hydrogens is 426 g/mol. The number of allylic oxidation sites excluding steroid dienone is 2. The molecule has 32 heavy (non-hydrogen) atoms. The van der Waals surface area contributed by atoms with E-state index in [0.717, 1.165) is 22.5 Å². The maximum atomic E-state index is 13.6. The second-order valence-electron chi connectivity index (χ2n) is 9.28. The van der Waals surface area contributed by atoms with Crippen molar-refractivity contribution in [2.75, 3.05) is 19.1 Å². The van der Waals surface area contributed by atoms with Crippen molar-refractivity contribution in [2.24, 2.45) is 5.41 Å². The van der Waals surface area contributed by atoms with Crippen LogP contribution in [-0.2, 0) is 9.59 Å². The van der Waals surface area contributed by atoms with Crippen molar-refractivity contribution in [3.8, 4) is 11.5 Å². The normalized spacial score (nSPS) is 20.3. The Bertz CT molecular complexity index is 1130. The van der Waals surface area contributed by atoms with E-state index in [1.807, 2.05) is 43.3 Å². The molecule has 1 unspecified atom stereocenters. The van der Waals surface area contributed by atoms with Gasteiger partial charge in [0.2, 0.25) is 5.91 Å². The number of benzene rings is 2. The Hall–Kier alpha value is -2.79. The van der Waals surface area contributed by atoms with E-state index < -0.39 is 0 Å². The van der Waals surface area contributed by atoms with E-state index in [-0.39, 0.29) is 29.4 Å². The molecule has 0 spiro atoms. The number of amides is 1. The van der Waals surface area contributed by atoms with Crippen LogP contribution in [0, 0.1) is 12.3 Å². The molecule has 4 rings (SSSR count). The van der Waals surface area contributed by atoms with E-state index in [9.17, 15) is 9.59 Å². The Morgan fingerprint density at radius 3 is 2.50 bits per heavy atom. The second kappa shape index (κ2) is 8.28. The topological polar surface area (TPSA) is 55.8 Å². The third-order valence-corrected chi connectivity index (χ3v) is 6.84. The average Bonchev–Trinajstić information content (AvgIpc) is 2.74. The van der Waals surface area contributed by atoms with Crippen molar-refractivity contribution in [3.63, 3.8) is 0 Å². The first-order valence-corrected chi connectivity index (χ1v) is 11.1. The van der Waals surface area contributed by atoms with Gasteiger partial charge in [0.1, 0.15) is 11.5 Å². The summed E-state index contributed by atoms with van der Waals surface area (Å²) >= 11 is 6.39. The fourth-order valence-corrected chi connectivity index (χ4v) is 5.08. The van der Waals surface area contributed by atoms with E-state index in [1.54, 1.807) is 19.1 Å². The molecule has 1 aliphatic carbocycles. The average molecular weight is 454 g/mol. The van der Waals surface area contributed by atoms with Gasteiger partial charge < -0.3 is 9.47 Å². The predicted octanol–water partition coefficient (Wildman–Crippen LogP) is 5.83. The minimum atomic E-state index is -0.387. The van der Waals surface area contributed by atoms with Crippen molar-refractivity contribution >= 4 is 29.0 Å². The lowest BCUT2D eigenvalue weighted by Crippen LogP contribution is -2.44. The first kappa shape index (κ1) is 22.4. The number of ether oxygens (including phenoxy) is 2. The zero-order chi connectivity index (χ0) is 23.2. The molecule has 0 fully saturated rings. The van der Waals surface area contributed by atoms with Crippen LogP contribution in [0.2, 0.25) is 5.02 Å². The summed E-state index contributed by atoms with van der Waals surface area (Å²) in [5.74, 6) is 0.923. The molecule has 6 heteroatoms. The fourth-order valence-electron chi connectivity index (χ4n) is 4.91. The van der Waals surface area contributed by atoms with Gasteiger partial charge in [-0.3, -0.25) is 14.5 Å². The highest BCUT2D eigenvalue weighted by atomic mass is 35.5. The van der Waals surface area contributed by atoms with Gasteiger partial charge in [0.25, 0.3) is 0 Å². The van der Waals surface area contributed by atoms with Crippen LogP contribution < -0.4 is 14.4 Å². The summed E-state index contributed by atoms with van der Waals surface area (Å²) in [6.45, 7) is 6.04. The number of anilines is 1. The maximum Gasteiger partial charge on any atom is 0.232 e. The van der Waals surface area contributed by atoms with Crippen LogP contribution in [-0.4, -0.2) is 25.9 Å². The summed E-state index contributed by atoms with van der Waals surface area (Å²) in [4.78, 5) is 28.9. The molecule has 0 saturated carbocycles. The van der Waals surface area contributed by atoms with Crippen LogP contribution in [0.15, 0.2) is 47.7 Å². The van der Waals surface area contributed by atoms with Crippen LogP contribution in [0.3, 0.4) is 0 Å². The molecular formula is C26H28ClNO4. The Kier molecular flexibility index (Phi) is 5.80. The highest BCUT2D eigenvalue weighted by Gasteiger charge is 2.45. The minimum absolute atomic E-state index is 0.0607. The van der Waals surface area contributed by atoms with Gasteiger partial charge in [-0.05, 0) is 54.7 Å². The van der Waals surface area contributed by atoms with Gasteiger partial charge in [-0.15, -0.1) is 0 Å². The number of carbonyl (C=O) groups excluding carboxylic acids is 2. The second-order valence-corrected chi connectivity index (χ2v) is 9.69.